The zero-order valence-electron chi connectivity index (χ0n) is 8.94. The van der Waals surface area contributed by atoms with Crippen LogP contribution in [0.5, 0.6) is 0 Å². The molecule has 1 N–H and O–H groups in total. The third-order valence-corrected chi connectivity index (χ3v) is 3.07. The van der Waals surface area contributed by atoms with Crippen molar-refractivity contribution in [3.8, 4) is 0 Å². The van der Waals surface area contributed by atoms with Crippen LogP contribution in [0.15, 0.2) is 24.3 Å². The average Bonchev–Trinajstić information content (AvgIpc) is 2.98. The van der Waals surface area contributed by atoms with Gasteiger partial charge in [-0.05, 0) is 18.9 Å². The largest absolute Gasteiger partial charge is 0.337 e. The SMILES string of the molecule is O=C(c1n[nH]c2ccccc12)N1CCCC1. The van der Waals surface area contributed by atoms with Gasteiger partial charge in [0, 0.05) is 18.5 Å². The Bertz CT molecular complexity index is 526. The van der Waals surface area contributed by atoms with E-state index in [4.69, 9.17) is 0 Å². The zero-order valence-corrected chi connectivity index (χ0v) is 8.94. The maximum absolute atomic E-state index is 12.2. The van der Waals surface area contributed by atoms with Crippen LogP contribution < -0.4 is 0 Å². The molecule has 1 aliphatic heterocycles. The summed E-state index contributed by atoms with van der Waals surface area (Å²) in [5.74, 6) is 0.0509. The van der Waals surface area contributed by atoms with E-state index in [9.17, 15) is 4.79 Å². The lowest BCUT2D eigenvalue weighted by Gasteiger charge is -2.13. The van der Waals surface area contributed by atoms with Crippen LogP contribution >= 0.6 is 0 Å². The topological polar surface area (TPSA) is 49.0 Å². The van der Waals surface area contributed by atoms with Crippen molar-refractivity contribution in [2.24, 2.45) is 0 Å². The van der Waals surface area contributed by atoms with Crippen molar-refractivity contribution < 1.29 is 4.79 Å². The molecule has 1 aromatic carbocycles. The average molecular weight is 215 g/mol. The van der Waals surface area contributed by atoms with Crippen LogP contribution in [0.1, 0.15) is 23.3 Å². The predicted molar refractivity (Wildman–Crippen MR) is 61.2 cm³/mol. The maximum atomic E-state index is 12.2. The molecule has 4 heteroatoms. The second-order valence-corrected chi connectivity index (χ2v) is 4.12. The first-order chi connectivity index (χ1) is 7.86. The van der Waals surface area contributed by atoms with Crippen LogP contribution in [0.25, 0.3) is 10.9 Å². The molecular weight excluding hydrogens is 202 g/mol. The summed E-state index contributed by atoms with van der Waals surface area (Å²) in [5, 5.41) is 7.93. The summed E-state index contributed by atoms with van der Waals surface area (Å²) in [4.78, 5) is 14.0. The van der Waals surface area contributed by atoms with Gasteiger partial charge in [-0.1, -0.05) is 18.2 Å². The summed E-state index contributed by atoms with van der Waals surface area (Å²) in [6.45, 7) is 1.72. The first kappa shape index (κ1) is 9.39. The summed E-state index contributed by atoms with van der Waals surface area (Å²) < 4.78 is 0. The number of fused-ring (bicyclic) bond motifs is 1. The lowest BCUT2D eigenvalue weighted by atomic mass is 10.2. The number of likely N-dealkylation sites (tertiary alicyclic amines) is 1. The Morgan fingerprint density at radius 3 is 2.81 bits per heavy atom. The van der Waals surface area contributed by atoms with Crippen LogP contribution in [0, 0.1) is 0 Å². The van der Waals surface area contributed by atoms with Crippen LogP contribution in [0.3, 0.4) is 0 Å². The number of rotatable bonds is 1. The number of H-pyrrole nitrogens is 1. The number of carbonyl (C=O) groups is 1. The number of nitrogens with one attached hydrogen (secondary N) is 1. The van der Waals surface area contributed by atoms with Crippen LogP contribution in [-0.4, -0.2) is 34.1 Å². The summed E-state index contributed by atoms with van der Waals surface area (Å²) in [6, 6.07) is 7.73. The summed E-state index contributed by atoms with van der Waals surface area (Å²) in [6.07, 6.45) is 2.21. The number of hydrogen-bond acceptors (Lipinski definition) is 2. The molecule has 0 saturated carbocycles. The highest BCUT2D eigenvalue weighted by molar-refractivity contribution is 6.04. The molecule has 82 valence electrons. The van der Waals surface area contributed by atoms with Crippen LogP contribution in [0.2, 0.25) is 0 Å². The van der Waals surface area contributed by atoms with E-state index in [2.05, 4.69) is 10.2 Å². The van der Waals surface area contributed by atoms with Gasteiger partial charge in [0.25, 0.3) is 5.91 Å². The van der Waals surface area contributed by atoms with Crippen molar-refractivity contribution in [2.75, 3.05) is 13.1 Å². The number of aromatic nitrogens is 2. The number of hydrogen-bond donors (Lipinski definition) is 1. The molecule has 4 nitrogen and oxygen atoms in total. The normalized spacial score (nSPS) is 15.9. The van der Waals surface area contributed by atoms with Crippen molar-refractivity contribution in [3.05, 3.63) is 30.0 Å². The molecule has 0 spiro atoms. The molecule has 0 bridgehead atoms. The fraction of sp³-hybridized carbons (Fsp3) is 0.333. The maximum Gasteiger partial charge on any atom is 0.274 e. The highest BCUT2D eigenvalue weighted by Crippen LogP contribution is 2.18. The lowest BCUT2D eigenvalue weighted by molar-refractivity contribution is 0.0789. The van der Waals surface area contributed by atoms with E-state index in [1.807, 2.05) is 29.2 Å². The molecule has 0 unspecified atom stereocenters. The van der Waals surface area contributed by atoms with Gasteiger partial charge in [-0.2, -0.15) is 5.10 Å². The summed E-state index contributed by atoms with van der Waals surface area (Å²) in [5.41, 5.74) is 1.47. The molecule has 1 aromatic heterocycles. The molecule has 0 aliphatic carbocycles. The van der Waals surface area contributed by atoms with Gasteiger partial charge in [0.15, 0.2) is 5.69 Å². The van der Waals surface area contributed by atoms with Gasteiger partial charge in [-0.3, -0.25) is 9.89 Å². The number of nitrogens with zero attached hydrogens (tertiary/aromatic N) is 2. The molecule has 2 heterocycles. The first-order valence-corrected chi connectivity index (χ1v) is 5.58. The van der Waals surface area contributed by atoms with Crippen molar-refractivity contribution in [1.29, 1.82) is 0 Å². The Morgan fingerprint density at radius 2 is 2.00 bits per heavy atom. The van der Waals surface area contributed by atoms with E-state index in [0.717, 1.165) is 36.8 Å². The predicted octanol–water partition coefficient (Wildman–Crippen LogP) is 1.80. The molecule has 1 saturated heterocycles. The van der Waals surface area contributed by atoms with E-state index in [1.165, 1.54) is 0 Å². The number of amides is 1. The second kappa shape index (κ2) is 3.63. The third-order valence-electron chi connectivity index (χ3n) is 3.07. The van der Waals surface area contributed by atoms with E-state index in [1.54, 1.807) is 0 Å². The van der Waals surface area contributed by atoms with Crippen molar-refractivity contribution in [1.82, 2.24) is 15.1 Å². The molecule has 1 amide bonds. The highest BCUT2D eigenvalue weighted by atomic mass is 16.2. The number of carbonyl (C=O) groups excluding carboxylic acids is 1. The number of benzene rings is 1. The molecule has 2 aromatic rings. The van der Waals surface area contributed by atoms with Crippen molar-refractivity contribution in [3.63, 3.8) is 0 Å². The first-order valence-electron chi connectivity index (χ1n) is 5.58. The van der Waals surface area contributed by atoms with Gasteiger partial charge in [0.1, 0.15) is 0 Å². The van der Waals surface area contributed by atoms with Gasteiger partial charge in [0.05, 0.1) is 5.52 Å². The minimum absolute atomic E-state index is 0.0509. The fourth-order valence-electron chi connectivity index (χ4n) is 2.20. The summed E-state index contributed by atoms with van der Waals surface area (Å²) in [7, 11) is 0. The molecule has 3 rings (SSSR count). The quantitative estimate of drug-likeness (QED) is 0.788. The monoisotopic (exact) mass is 215 g/mol. The van der Waals surface area contributed by atoms with E-state index in [0.29, 0.717) is 5.69 Å². The number of para-hydroxylation sites is 1. The smallest absolute Gasteiger partial charge is 0.274 e. The molecule has 0 atom stereocenters. The third kappa shape index (κ3) is 1.38. The van der Waals surface area contributed by atoms with E-state index >= 15 is 0 Å². The Labute approximate surface area is 93.3 Å². The Morgan fingerprint density at radius 1 is 1.25 bits per heavy atom. The molecule has 1 fully saturated rings. The number of aromatic amines is 1. The van der Waals surface area contributed by atoms with Gasteiger partial charge in [-0.25, -0.2) is 0 Å². The minimum Gasteiger partial charge on any atom is -0.337 e. The van der Waals surface area contributed by atoms with Gasteiger partial charge >= 0.3 is 0 Å². The van der Waals surface area contributed by atoms with Gasteiger partial charge in [-0.15, -0.1) is 0 Å². The fourth-order valence-corrected chi connectivity index (χ4v) is 2.20. The zero-order chi connectivity index (χ0) is 11.0. The molecule has 16 heavy (non-hydrogen) atoms. The Balaban J connectivity index is 2.02. The summed E-state index contributed by atoms with van der Waals surface area (Å²) >= 11 is 0. The molecule has 1 aliphatic rings. The lowest BCUT2D eigenvalue weighted by Crippen LogP contribution is -2.28. The van der Waals surface area contributed by atoms with Crippen molar-refractivity contribution in [2.45, 2.75) is 12.8 Å². The standard InChI is InChI=1S/C12H13N3O/c16-12(15-7-3-4-8-15)11-9-5-1-2-6-10(9)13-14-11/h1-2,5-6H,3-4,7-8H2,(H,13,14). The highest BCUT2D eigenvalue weighted by Gasteiger charge is 2.23. The van der Waals surface area contributed by atoms with E-state index < -0.39 is 0 Å². The van der Waals surface area contributed by atoms with Crippen molar-refractivity contribution >= 4 is 16.8 Å². The Kier molecular flexibility index (Phi) is 2.13. The van der Waals surface area contributed by atoms with Crippen LogP contribution in [-0.2, 0) is 0 Å². The molecular formula is C12H13N3O. The van der Waals surface area contributed by atoms with Gasteiger partial charge < -0.3 is 4.90 Å². The second-order valence-electron chi connectivity index (χ2n) is 4.12. The molecule has 0 radical (unpaired) electrons. The van der Waals surface area contributed by atoms with E-state index in [-0.39, 0.29) is 5.91 Å². The van der Waals surface area contributed by atoms with Crippen LogP contribution in [0.4, 0.5) is 0 Å². The minimum atomic E-state index is 0.0509. The van der Waals surface area contributed by atoms with Gasteiger partial charge in [0.2, 0.25) is 0 Å². The Hall–Kier alpha value is -1.84.